The molecular weight excluding hydrogens is 228 g/mol. The number of aromatic nitrogens is 2. The SMILES string of the molecule is CCCN(CCN(C)C)c1nc(C)cc(CO)n1. The summed E-state index contributed by atoms with van der Waals surface area (Å²) in [6, 6.07) is 1.82. The predicted octanol–water partition coefficient (Wildman–Crippen LogP) is 1.06. The van der Waals surface area contributed by atoms with Gasteiger partial charge in [-0.25, -0.2) is 9.97 Å². The van der Waals surface area contributed by atoms with Crippen LogP contribution < -0.4 is 4.90 Å². The van der Waals surface area contributed by atoms with Gasteiger partial charge in [-0.1, -0.05) is 6.92 Å². The van der Waals surface area contributed by atoms with E-state index in [4.69, 9.17) is 0 Å². The van der Waals surface area contributed by atoms with Gasteiger partial charge < -0.3 is 14.9 Å². The monoisotopic (exact) mass is 252 g/mol. The lowest BCUT2D eigenvalue weighted by Gasteiger charge is -2.24. The predicted molar refractivity (Wildman–Crippen MR) is 73.7 cm³/mol. The number of aryl methyl sites for hydroxylation is 1. The molecule has 5 heteroatoms. The highest BCUT2D eigenvalue weighted by Crippen LogP contribution is 2.11. The number of likely N-dealkylation sites (N-methyl/N-ethyl adjacent to an activating group) is 1. The third-order valence-electron chi connectivity index (χ3n) is 2.65. The molecule has 1 aromatic rings. The average molecular weight is 252 g/mol. The van der Waals surface area contributed by atoms with E-state index in [1.807, 2.05) is 13.0 Å². The number of anilines is 1. The summed E-state index contributed by atoms with van der Waals surface area (Å²) in [5.74, 6) is 0.725. The molecule has 1 rings (SSSR count). The van der Waals surface area contributed by atoms with Crippen LogP contribution in [-0.2, 0) is 6.61 Å². The van der Waals surface area contributed by atoms with E-state index < -0.39 is 0 Å². The van der Waals surface area contributed by atoms with Gasteiger partial charge in [-0.15, -0.1) is 0 Å². The summed E-state index contributed by atoms with van der Waals surface area (Å²) in [6.45, 7) is 6.83. The second kappa shape index (κ2) is 7.28. The summed E-state index contributed by atoms with van der Waals surface area (Å²) < 4.78 is 0. The first-order chi connectivity index (χ1) is 8.56. The molecule has 0 atom stereocenters. The second-order valence-corrected chi connectivity index (χ2v) is 4.75. The maximum Gasteiger partial charge on any atom is 0.225 e. The van der Waals surface area contributed by atoms with Crippen LogP contribution in [-0.4, -0.2) is 53.7 Å². The summed E-state index contributed by atoms with van der Waals surface area (Å²) in [5.41, 5.74) is 1.58. The van der Waals surface area contributed by atoms with Crippen LogP contribution in [0, 0.1) is 6.92 Å². The van der Waals surface area contributed by atoms with Crippen molar-refractivity contribution in [2.75, 3.05) is 38.6 Å². The topological polar surface area (TPSA) is 52.5 Å². The number of aliphatic hydroxyl groups is 1. The molecule has 102 valence electrons. The fourth-order valence-corrected chi connectivity index (χ4v) is 1.74. The molecule has 0 bridgehead atoms. The van der Waals surface area contributed by atoms with Crippen molar-refractivity contribution < 1.29 is 5.11 Å². The van der Waals surface area contributed by atoms with Gasteiger partial charge in [0, 0.05) is 25.3 Å². The summed E-state index contributed by atoms with van der Waals surface area (Å²) in [5, 5.41) is 9.20. The van der Waals surface area contributed by atoms with E-state index in [0.29, 0.717) is 5.69 Å². The molecule has 0 aromatic carbocycles. The number of aliphatic hydroxyl groups excluding tert-OH is 1. The van der Waals surface area contributed by atoms with Gasteiger partial charge in [-0.3, -0.25) is 0 Å². The molecule has 0 saturated carbocycles. The van der Waals surface area contributed by atoms with Crippen molar-refractivity contribution in [3.8, 4) is 0 Å². The zero-order chi connectivity index (χ0) is 13.5. The van der Waals surface area contributed by atoms with Gasteiger partial charge >= 0.3 is 0 Å². The van der Waals surface area contributed by atoms with Crippen LogP contribution in [0.4, 0.5) is 5.95 Å². The van der Waals surface area contributed by atoms with E-state index in [1.54, 1.807) is 0 Å². The highest BCUT2D eigenvalue weighted by atomic mass is 16.3. The van der Waals surface area contributed by atoms with E-state index >= 15 is 0 Å². The van der Waals surface area contributed by atoms with E-state index in [0.717, 1.165) is 37.7 Å². The zero-order valence-electron chi connectivity index (χ0n) is 11.8. The minimum atomic E-state index is -0.0377. The van der Waals surface area contributed by atoms with Crippen LogP contribution in [0.15, 0.2) is 6.07 Å². The molecule has 0 fully saturated rings. The number of hydrogen-bond acceptors (Lipinski definition) is 5. The Morgan fingerprint density at radius 3 is 2.44 bits per heavy atom. The fourth-order valence-electron chi connectivity index (χ4n) is 1.74. The first kappa shape index (κ1) is 14.9. The normalized spacial score (nSPS) is 11.0. The van der Waals surface area contributed by atoms with Gasteiger partial charge in [0.05, 0.1) is 12.3 Å². The second-order valence-electron chi connectivity index (χ2n) is 4.75. The molecule has 0 radical (unpaired) electrons. The van der Waals surface area contributed by atoms with Gasteiger partial charge in [-0.05, 0) is 33.5 Å². The molecular formula is C13H24N4O. The Hall–Kier alpha value is -1.20. The molecule has 0 aliphatic carbocycles. The third-order valence-corrected chi connectivity index (χ3v) is 2.65. The maximum absolute atomic E-state index is 9.20. The van der Waals surface area contributed by atoms with Crippen molar-refractivity contribution in [1.29, 1.82) is 0 Å². The quantitative estimate of drug-likeness (QED) is 0.786. The summed E-state index contributed by atoms with van der Waals surface area (Å²) in [4.78, 5) is 13.2. The highest BCUT2D eigenvalue weighted by Gasteiger charge is 2.10. The number of hydrogen-bond donors (Lipinski definition) is 1. The highest BCUT2D eigenvalue weighted by molar-refractivity contribution is 5.32. The average Bonchev–Trinajstić information content (AvgIpc) is 2.33. The van der Waals surface area contributed by atoms with Crippen molar-refractivity contribution in [3.05, 3.63) is 17.5 Å². The molecule has 0 spiro atoms. The summed E-state index contributed by atoms with van der Waals surface area (Å²) in [6.07, 6.45) is 1.05. The van der Waals surface area contributed by atoms with Gasteiger partial charge in [0.25, 0.3) is 0 Å². The molecule has 1 aromatic heterocycles. The first-order valence-electron chi connectivity index (χ1n) is 6.42. The minimum absolute atomic E-state index is 0.0377. The van der Waals surface area contributed by atoms with Crippen molar-refractivity contribution in [1.82, 2.24) is 14.9 Å². The zero-order valence-corrected chi connectivity index (χ0v) is 11.8. The van der Waals surface area contributed by atoms with Crippen LogP contribution in [0.5, 0.6) is 0 Å². The Balaban J connectivity index is 2.86. The van der Waals surface area contributed by atoms with Crippen LogP contribution >= 0.6 is 0 Å². The number of nitrogens with zero attached hydrogens (tertiary/aromatic N) is 4. The van der Waals surface area contributed by atoms with Gasteiger partial charge in [0.2, 0.25) is 5.95 Å². The molecule has 1 N–H and O–H groups in total. The lowest BCUT2D eigenvalue weighted by atomic mass is 10.3. The van der Waals surface area contributed by atoms with Crippen molar-refractivity contribution in [2.24, 2.45) is 0 Å². The first-order valence-corrected chi connectivity index (χ1v) is 6.42. The van der Waals surface area contributed by atoms with Gasteiger partial charge in [0.1, 0.15) is 0 Å². The lowest BCUT2D eigenvalue weighted by Crippen LogP contribution is -2.33. The Bertz CT molecular complexity index is 368. The molecule has 18 heavy (non-hydrogen) atoms. The number of rotatable bonds is 7. The molecule has 0 saturated heterocycles. The Labute approximate surface area is 109 Å². The largest absolute Gasteiger partial charge is 0.390 e. The molecule has 0 amide bonds. The van der Waals surface area contributed by atoms with Crippen LogP contribution in [0.2, 0.25) is 0 Å². The smallest absolute Gasteiger partial charge is 0.225 e. The Kier molecular flexibility index (Phi) is 6.01. The van der Waals surface area contributed by atoms with Crippen LogP contribution in [0.3, 0.4) is 0 Å². The molecule has 0 aliphatic heterocycles. The molecule has 5 nitrogen and oxygen atoms in total. The summed E-state index contributed by atoms with van der Waals surface area (Å²) in [7, 11) is 4.11. The minimum Gasteiger partial charge on any atom is -0.390 e. The molecule has 0 unspecified atom stereocenters. The Morgan fingerprint density at radius 2 is 1.89 bits per heavy atom. The summed E-state index contributed by atoms with van der Waals surface area (Å²) >= 11 is 0. The van der Waals surface area contributed by atoms with Crippen LogP contribution in [0.1, 0.15) is 24.7 Å². The molecule has 1 heterocycles. The Morgan fingerprint density at radius 1 is 1.17 bits per heavy atom. The van der Waals surface area contributed by atoms with Crippen molar-refractivity contribution >= 4 is 5.95 Å². The van der Waals surface area contributed by atoms with Gasteiger partial charge in [0.15, 0.2) is 0 Å². The third kappa shape index (κ3) is 4.58. The van der Waals surface area contributed by atoms with E-state index in [9.17, 15) is 5.11 Å². The standard InChI is InChI=1S/C13H24N4O/c1-5-6-17(8-7-16(3)4)13-14-11(2)9-12(10-18)15-13/h9,18H,5-8,10H2,1-4H3. The fraction of sp³-hybridized carbons (Fsp3) is 0.692. The van der Waals surface area contributed by atoms with E-state index in [2.05, 4.69) is 40.8 Å². The van der Waals surface area contributed by atoms with E-state index in [1.165, 1.54) is 0 Å². The van der Waals surface area contributed by atoms with Crippen molar-refractivity contribution in [2.45, 2.75) is 26.9 Å². The molecule has 0 aliphatic rings. The van der Waals surface area contributed by atoms with Crippen molar-refractivity contribution in [3.63, 3.8) is 0 Å². The maximum atomic E-state index is 9.20. The van der Waals surface area contributed by atoms with Gasteiger partial charge in [-0.2, -0.15) is 0 Å². The van der Waals surface area contributed by atoms with Crippen LogP contribution in [0.25, 0.3) is 0 Å². The lowest BCUT2D eigenvalue weighted by molar-refractivity contribution is 0.276. The van der Waals surface area contributed by atoms with E-state index in [-0.39, 0.29) is 6.61 Å².